The molecule has 0 spiro atoms. The van der Waals surface area contributed by atoms with Crippen LogP contribution >= 0.6 is 0 Å². The van der Waals surface area contributed by atoms with Gasteiger partial charge in [0.1, 0.15) is 0 Å². The topological polar surface area (TPSA) is 54.4 Å². The van der Waals surface area contributed by atoms with Crippen LogP contribution in [-0.4, -0.2) is 13.0 Å². The van der Waals surface area contributed by atoms with Gasteiger partial charge in [0.2, 0.25) is 0 Å². The molecule has 1 unspecified atom stereocenters. The quantitative estimate of drug-likeness (QED) is 0.792. The summed E-state index contributed by atoms with van der Waals surface area (Å²) >= 11 is 0. The minimum absolute atomic E-state index is 0.0476. The Morgan fingerprint density at radius 3 is 1.89 bits per heavy atom. The van der Waals surface area contributed by atoms with Crippen molar-refractivity contribution >= 4 is 10.1 Å². The predicted octanol–water partition coefficient (Wildman–Crippen LogP) is 4.12. The highest BCUT2D eigenvalue weighted by Crippen LogP contribution is 2.44. The summed E-state index contributed by atoms with van der Waals surface area (Å²) in [6, 6.07) is 0. The van der Waals surface area contributed by atoms with E-state index in [0.29, 0.717) is 16.7 Å². The minimum atomic E-state index is -4.08. The molecular weight excluding hydrogens is 260 g/mol. The van der Waals surface area contributed by atoms with Gasteiger partial charge >= 0.3 is 0 Å². The second kappa shape index (κ2) is 5.96. The molecule has 0 aromatic carbocycles. The molecule has 3 nitrogen and oxygen atoms in total. The lowest BCUT2D eigenvalue weighted by molar-refractivity contribution is 0.252. The van der Waals surface area contributed by atoms with Crippen LogP contribution in [0, 0.1) is 29.6 Å². The third kappa shape index (κ3) is 3.82. The van der Waals surface area contributed by atoms with Crippen molar-refractivity contribution in [2.45, 2.75) is 54.4 Å². The monoisotopic (exact) mass is 288 g/mol. The van der Waals surface area contributed by atoms with Crippen LogP contribution in [0.15, 0.2) is 10.5 Å². The zero-order chi connectivity index (χ0) is 15.0. The van der Waals surface area contributed by atoms with E-state index in [2.05, 4.69) is 13.8 Å². The summed E-state index contributed by atoms with van der Waals surface area (Å²) in [6.07, 6.45) is 1.66. The molecule has 0 aromatic heterocycles. The molecule has 0 bridgehead atoms. The third-order valence-corrected chi connectivity index (χ3v) is 5.54. The van der Waals surface area contributed by atoms with Gasteiger partial charge in [0.15, 0.2) is 0 Å². The van der Waals surface area contributed by atoms with Gasteiger partial charge in [0, 0.05) is 0 Å². The summed E-state index contributed by atoms with van der Waals surface area (Å²) in [4.78, 5) is 0.314. The van der Waals surface area contributed by atoms with Gasteiger partial charge in [-0.05, 0) is 42.4 Å². The third-order valence-electron chi connectivity index (χ3n) is 4.41. The van der Waals surface area contributed by atoms with Gasteiger partial charge in [-0.25, -0.2) is 0 Å². The van der Waals surface area contributed by atoms with Crippen molar-refractivity contribution in [1.82, 2.24) is 0 Å². The largest absolute Gasteiger partial charge is 0.290 e. The standard InChI is InChI=1S/C15H28O3S/c1-9(2)12-7-13(10(3)4)15(19(16,17)18)14(8-12)11(5)6/h9-13H,7-8H2,1-6H3,(H,16,17,18)/t12-,13?/m1/s1. The van der Waals surface area contributed by atoms with Crippen molar-refractivity contribution < 1.29 is 13.0 Å². The normalized spacial score (nSPS) is 25.8. The summed E-state index contributed by atoms with van der Waals surface area (Å²) in [6.45, 7) is 12.5. The maximum Gasteiger partial charge on any atom is 0.290 e. The van der Waals surface area contributed by atoms with Crippen molar-refractivity contribution in [2.75, 3.05) is 0 Å². The van der Waals surface area contributed by atoms with Gasteiger partial charge in [-0.3, -0.25) is 4.55 Å². The minimum Gasteiger partial charge on any atom is -0.282 e. The van der Waals surface area contributed by atoms with Crippen LogP contribution in [0.3, 0.4) is 0 Å². The zero-order valence-electron chi connectivity index (χ0n) is 13.0. The maximum atomic E-state index is 11.8. The molecule has 4 heteroatoms. The van der Waals surface area contributed by atoms with Crippen LogP contribution < -0.4 is 0 Å². The molecule has 0 amide bonds. The fraction of sp³-hybridized carbons (Fsp3) is 0.867. The van der Waals surface area contributed by atoms with E-state index >= 15 is 0 Å². The molecule has 0 saturated heterocycles. The van der Waals surface area contributed by atoms with Gasteiger partial charge in [0.05, 0.1) is 4.91 Å². The van der Waals surface area contributed by atoms with E-state index in [1.807, 2.05) is 27.7 Å². The smallest absolute Gasteiger partial charge is 0.282 e. The molecule has 1 rings (SSSR count). The first kappa shape index (κ1) is 16.7. The zero-order valence-corrected chi connectivity index (χ0v) is 13.8. The summed E-state index contributed by atoms with van der Waals surface area (Å²) in [5.74, 6) is 1.40. The summed E-state index contributed by atoms with van der Waals surface area (Å²) in [5, 5.41) is 0. The lowest BCUT2D eigenvalue weighted by Gasteiger charge is -2.37. The van der Waals surface area contributed by atoms with E-state index in [-0.39, 0.29) is 17.8 Å². The van der Waals surface area contributed by atoms with Crippen LogP contribution in [0.1, 0.15) is 54.4 Å². The summed E-state index contributed by atoms with van der Waals surface area (Å²) < 4.78 is 33.2. The van der Waals surface area contributed by atoms with Crippen LogP contribution in [0.2, 0.25) is 0 Å². The molecular formula is C15H28O3S. The number of hydrogen-bond donors (Lipinski definition) is 1. The van der Waals surface area contributed by atoms with E-state index in [1.165, 1.54) is 0 Å². The Bertz CT molecular complexity index is 444. The predicted molar refractivity (Wildman–Crippen MR) is 79.3 cm³/mol. The summed E-state index contributed by atoms with van der Waals surface area (Å²) in [7, 11) is -4.08. The van der Waals surface area contributed by atoms with Gasteiger partial charge in [-0.2, -0.15) is 8.42 Å². The first-order chi connectivity index (χ1) is 8.55. The number of allylic oxidation sites excluding steroid dienone is 2. The molecule has 2 atom stereocenters. The van der Waals surface area contributed by atoms with Crippen molar-refractivity contribution in [3.63, 3.8) is 0 Å². The molecule has 1 aliphatic carbocycles. The Kier molecular flexibility index (Phi) is 5.24. The summed E-state index contributed by atoms with van der Waals surface area (Å²) in [5.41, 5.74) is 0.936. The second-order valence-electron chi connectivity index (χ2n) is 6.81. The van der Waals surface area contributed by atoms with Crippen molar-refractivity contribution in [3.05, 3.63) is 10.5 Å². The molecule has 0 aromatic rings. The van der Waals surface area contributed by atoms with Gasteiger partial charge in [-0.15, -0.1) is 0 Å². The van der Waals surface area contributed by atoms with Gasteiger partial charge in [0.25, 0.3) is 10.1 Å². The molecule has 1 aliphatic rings. The van der Waals surface area contributed by atoms with E-state index in [1.54, 1.807) is 0 Å². The molecule has 0 fully saturated rings. The Labute approximate surface area is 118 Å². The SMILES string of the molecule is CC(C)C1=C(S(=O)(=O)O)C(C(C)C)C[C@@H](C(C)C)C1. The second-order valence-corrected chi connectivity index (χ2v) is 8.20. The van der Waals surface area contributed by atoms with E-state index in [0.717, 1.165) is 18.4 Å². The van der Waals surface area contributed by atoms with Crippen LogP contribution in [0.5, 0.6) is 0 Å². The Morgan fingerprint density at radius 1 is 1.05 bits per heavy atom. The molecule has 0 saturated carbocycles. The van der Waals surface area contributed by atoms with Crippen LogP contribution in [-0.2, 0) is 10.1 Å². The first-order valence-electron chi connectivity index (χ1n) is 7.26. The fourth-order valence-electron chi connectivity index (χ4n) is 3.10. The lowest BCUT2D eigenvalue weighted by atomic mass is 9.71. The molecule has 1 N–H and O–H groups in total. The Balaban J connectivity index is 3.38. The van der Waals surface area contributed by atoms with Crippen LogP contribution in [0.4, 0.5) is 0 Å². The molecule has 112 valence electrons. The molecule has 0 aliphatic heterocycles. The van der Waals surface area contributed by atoms with Gasteiger partial charge in [-0.1, -0.05) is 47.1 Å². The average Bonchev–Trinajstić information content (AvgIpc) is 2.25. The maximum absolute atomic E-state index is 11.8. The molecule has 19 heavy (non-hydrogen) atoms. The Hall–Kier alpha value is -0.350. The van der Waals surface area contributed by atoms with Crippen molar-refractivity contribution in [2.24, 2.45) is 29.6 Å². The van der Waals surface area contributed by atoms with Crippen LogP contribution in [0.25, 0.3) is 0 Å². The highest BCUT2D eigenvalue weighted by atomic mass is 32.2. The highest BCUT2D eigenvalue weighted by Gasteiger charge is 2.38. The lowest BCUT2D eigenvalue weighted by Crippen LogP contribution is -2.31. The van der Waals surface area contributed by atoms with Crippen molar-refractivity contribution in [3.8, 4) is 0 Å². The van der Waals surface area contributed by atoms with E-state index in [9.17, 15) is 13.0 Å². The number of rotatable bonds is 4. The first-order valence-corrected chi connectivity index (χ1v) is 8.70. The van der Waals surface area contributed by atoms with Crippen molar-refractivity contribution in [1.29, 1.82) is 0 Å². The van der Waals surface area contributed by atoms with E-state index < -0.39 is 10.1 Å². The average molecular weight is 288 g/mol. The Morgan fingerprint density at radius 2 is 1.58 bits per heavy atom. The molecule has 0 heterocycles. The van der Waals surface area contributed by atoms with Gasteiger partial charge < -0.3 is 0 Å². The highest BCUT2D eigenvalue weighted by molar-refractivity contribution is 7.89. The number of hydrogen-bond acceptors (Lipinski definition) is 2. The fourth-order valence-corrected chi connectivity index (χ4v) is 4.50. The van der Waals surface area contributed by atoms with E-state index in [4.69, 9.17) is 0 Å². The molecule has 0 radical (unpaired) electrons.